The van der Waals surface area contributed by atoms with Crippen molar-refractivity contribution in [2.24, 2.45) is 23.7 Å². The fraction of sp³-hybridized carbons (Fsp3) is 0.492. The van der Waals surface area contributed by atoms with Crippen LogP contribution >= 0.6 is 0 Å². The molecule has 11 atom stereocenters. The molecule has 0 radical (unpaired) electrons. The summed E-state index contributed by atoms with van der Waals surface area (Å²) in [4.78, 5) is 35.7. The summed E-state index contributed by atoms with van der Waals surface area (Å²) in [6.45, 7) is 7.20. The van der Waals surface area contributed by atoms with E-state index in [2.05, 4.69) is 108 Å². The zero-order valence-corrected chi connectivity index (χ0v) is 41.3. The standard InChI is InChI=1S/C59H68N8O3/c1-34(38-15-21-50(60-30-38)65-53(69)23-20-47-49-33-63-67-57(49)59(3)26-24-42-40-9-6-5-8-36(40)13-18-45(42)55(47)59)28-35-12-17-41-37(29-35)14-19-46-43(41)25-27-58(2)54(46)44(48-32-62-66-56(48)58)10-7-11-52(68)64-51-22-16-39(70-4)31-61-51/h5-6,8-9,12,15-17,21-22,29-34,42-47,54-55H,7,10-11,13-14,18-20,23-28H2,1-4H3,(H,62,66)(H,63,67)(H,60,65,69)(H,61,64,68)/t34?,42?,43?,44-,45?,46?,47-,54?,55?,58+,59+/m1/s1. The van der Waals surface area contributed by atoms with E-state index in [9.17, 15) is 9.59 Å². The van der Waals surface area contributed by atoms with E-state index >= 15 is 0 Å². The number of fused-ring (bicyclic) bond motifs is 14. The molecule has 6 aliphatic carbocycles. The summed E-state index contributed by atoms with van der Waals surface area (Å²) in [7, 11) is 1.61. The molecule has 11 nitrogen and oxygen atoms in total. The molecule has 0 bridgehead atoms. The van der Waals surface area contributed by atoms with Crippen LogP contribution in [0.5, 0.6) is 5.75 Å². The van der Waals surface area contributed by atoms with E-state index in [0.717, 1.165) is 51.4 Å². The molecule has 0 aliphatic heterocycles. The van der Waals surface area contributed by atoms with E-state index in [1.165, 1.54) is 70.5 Å². The Morgan fingerprint density at radius 2 is 1.31 bits per heavy atom. The summed E-state index contributed by atoms with van der Waals surface area (Å²) in [6, 6.07) is 24.2. The van der Waals surface area contributed by atoms with Crippen molar-refractivity contribution in [2.75, 3.05) is 17.7 Å². The fourth-order valence-corrected chi connectivity index (χ4v) is 16.0. The second-order valence-electron chi connectivity index (χ2n) is 22.6. The van der Waals surface area contributed by atoms with E-state index < -0.39 is 0 Å². The van der Waals surface area contributed by atoms with Crippen LogP contribution < -0.4 is 15.4 Å². The molecule has 2 saturated carbocycles. The highest BCUT2D eigenvalue weighted by Gasteiger charge is 2.59. The molecule has 7 unspecified atom stereocenters. The predicted octanol–water partition coefficient (Wildman–Crippen LogP) is 11.7. The van der Waals surface area contributed by atoms with Gasteiger partial charge in [0, 0.05) is 42.3 Å². The van der Waals surface area contributed by atoms with Crippen molar-refractivity contribution in [3.8, 4) is 5.75 Å². The van der Waals surface area contributed by atoms with Gasteiger partial charge in [-0.2, -0.15) is 10.2 Å². The van der Waals surface area contributed by atoms with Crippen LogP contribution in [-0.2, 0) is 39.7 Å². The Morgan fingerprint density at radius 1 is 0.700 bits per heavy atom. The molecule has 4 aromatic heterocycles. The first-order valence-electron chi connectivity index (χ1n) is 26.4. The molecule has 2 fully saturated rings. The van der Waals surface area contributed by atoms with Crippen molar-refractivity contribution in [3.63, 3.8) is 0 Å². The van der Waals surface area contributed by atoms with Crippen LogP contribution in [0, 0.1) is 23.7 Å². The van der Waals surface area contributed by atoms with Gasteiger partial charge in [-0.05, 0) is 193 Å². The second kappa shape index (κ2) is 17.9. The molecule has 2 amide bonds. The number of rotatable bonds is 13. The molecule has 0 saturated heterocycles. The van der Waals surface area contributed by atoms with E-state index in [-0.39, 0.29) is 28.6 Å². The second-order valence-corrected chi connectivity index (χ2v) is 22.6. The largest absolute Gasteiger partial charge is 0.495 e. The zero-order chi connectivity index (χ0) is 47.7. The van der Waals surface area contributed by atoms with E-state index in [1.54, 1.807) is 30.5 Å². The highest BCUT2D eigenvalue weighted by atomic mass is 16.5. The molecule has 362 valence electrons. The summed E-state index contributed by atoms with van der Waals surface area (Å²) < 4.78 is 5.22. The minimum Gasteiger partial charge on any atom is -0.495 e. The van der Waals surface area contributed by atoms with Gasteiger partial charge in [0.2, 0.25) is 11.8 Å². The van der Waals surface area contributed by atoms with Gasteiger partial charge < -0.3 is 15.4 Å². The van der Waals surface area contributed by atoms with Crippen molar-refractivity contribution in [1.82, 2.24) is 30.4 Å². The smallest absolute Gasteiger partial charge is 0.225 e. The SMILES string of the molecule is COc1ccc(NC(=O)CCC[C@@H]2c3c[nH]nc3[C@@]3(C)CCC4c5ccc(CC(C)c6ccc(NC(=O)CC[C@@H]7c8c[nH]nc8[C@@]8(C)CCC9c%10ccccc%10CCC9C78)nc6)cc5CCC4C23)nc1. The van der Waals surface area contributed by atoms with Crippen LogP contribution in [0.3, 0.4) is 0 Å². The van der Waals surface area contributed by atoms with Crippen LogP contribution in [0.4, 0.5) is 11.6 Å². The number of amides is 2. The lowest BCUT2D eigenvalue weighted by atomic mass is 9.53. The first-order valence-corrected chi connectivity index (χ1v) is 26.4. The summed E-state index contributed by atoms with van der Waals surface area (Å²) in [5, 5.41) is 22.3. The number of methoxy groups -OCH3 is 1. The van der Waals surface area contributed by atoms with Gasteiger partial charge in [-0.25, -0.2) is 9.97 Å². The number of pyridine rings is 2. The number of carbonyl (C=O) groups is 2. The topological polar surface area (TPSA) is 151 Å². The number of carbonyl (C=O) groups excluding carboxylic acids is 2. The maximum Gasteiger partial charge on any atom is 0.225 e. The lowest BCUT2D eigenvalue weighted by molar-refractivity contribution is -0.117. The van der Waals surface area contributed by atoms with Crippen LogP contribution in [0.15, 0.2) is 91.5 Å². The third kappa shape index (κ3) is 7.68. The van der Waals surface area contributed by atoms with Gasteiger partial charge in [0.1, 0.15) is 17.4 Å². The number of anilines is 2. The number of ether oxygens (including phenoxy) is 1. The molecule has 11 heteroatoms. The van der Waals surface area contributed by atoms with Crippen LogP contribution in [-0.4, -0.2) is 49.3 Å². The first kappa shape index (κ1) is 45.1. The van der Waals surface area contributed by atoms with Crippen molar-refractivity contribution in [1.29, 1.82) is 0 Å². The van der Waals surface area contributed by atoms with Gasteiger partial charge in [-0.1, -0.05) is 69.3 Å². The van der Waals surface area contributed by atoms with Gasteiger partial charge in [-0.3, -0.25) is 19.8 Å². The molecule has 4 N–H and O–H groups in total. The number of nitrogens with one attached hydrogen (secondary N) is 4. The minimum atomic E-state index is -0.00295. The van der Waals surface area contributed by atoms with Gasteiger partial charge in [0.05, 0.1) is 24.7 Å². The van der Waals surface area contributed by atoms with Crippen LogP contribution in [0.1, 0.15) is 177 Å². The summed E-state index contributed by atoms with van der Waals surface area (Å²) in [6.07, 6.45) is 21.6. The normalized spacial score (nSPS) is 29.2. The van der Waals surface area contributed by atoms with E-state index in [0.29, 0.717) is 77.6 Å². The number of aryl methyl sites for hydroxylation is 2. The number of H-pyrrole nitrogens is 2. The quantitative estimate of drug-likeness (QED) is 0.0900. The van der Waals surface area contributed by atoms with Gasteiger partial charge in [0.25, 0.3) is 0 Å². The number of aromatic amines is 2. The predicted molar refractivity (Wildman–Crippen MR) is 272 cm³/mol. The molecule has 2 aromatic carbocycles. The number of nitrogens with zero attached hydrogens (tertiary/aromatic N) is 4. The van der Waals surface area contributed by atoms with Crippen molar-refractivity contribution >= 4 is 23.5 Å². The Balaban J connectivity index is 0.664. The van der Waals surface area contributed by atoms with Crippen LogP contribution in [0.2, 0.25) is 0 Å². The molecule has 6 aromatic rings. The van der Waals surface area contributed by atoms with Crippen LogP contribution in [0.25, 0.3) is 0 Å². The Bertz CT molecular complexity index is 2910. The van der Waals surface area contributed by atoms with Gasteiger partial charge >= 0.3 is 0 Å². The molecular weight excluding hydrogens is 869 g/mol. The molecule has 6 aliphatic rings. The van der Waals surface area contributed by atoms with Crippen molar-refractivity contribution in [3.05, 3.63) is 147 Å². The monoisotopic (exact) mass is 937 g/mol. The molecule has 4 heterocycles. The molecule has 70 heavy (non-hydrogen) atoms. The Kier molecular flexibility index (Phi) is 11.6. The van der Waals surface area contributed by atoms with Gasteiger partial charge in [-0.15, -0.1) is 0 Å². The Hall–Kier alpha value is -6.10. The lowest BCUT2D eigenvalue weighted by Crippen LogP contribution is -2.44. The van der Waals surface area contributed by atoms with Crippen molar-refractivity contribution < 1.29 is 14.3 Å². The number of aromatic nitrogens is 6. The lowest BCUT2D eigenvalue weighted by Gasteiger charge is -2.50. The first-order chi connectivity index (χ1) is 34.1. The minimum absolute atomic E-state index is 0.00295. The maximum absolute atomic E-state index is 13.6. The Morgan fingerprint density at radius 3 is 1.96 bits per heavy atom. The van der Waals surface area contributed by atoms with E-state index in [4.69, 9.17) is 19.9 Å². The van der Waals surface area contributed by atoms with E-state index in [1.807, 2.05) is 18.3 Å². The number of hydrogen-bond acceptors (Lipinski definition) is 7. The highest BCUT2D eigenvalue weighted by molar-refractivity contribution is 5.90. The molecule has 12 rings (SSSR count). The molecule has 0 spiro atoms. The Labute approximate surface area is 412 Å². The fourth-order valence-electron chi connectivity index (χ4n) is 16.0. The third-order valence-electron chi connectivity index (χ3n) is 19.0. The zero-order valence-electron chi connectivity index (χ0n) is 41.3. The number of benzene rings is 2. The molecular formula is C59H68N8O3. The average molecular weight is 937 g/mol. The highest BCUT2D eigenvalue weighted by Crippen LogP contribution is 2.66. The third-order valence-corrected chi connectivity index (χ3v) is 19.0. The van der Waals surface area contributed by atoms with Crippen molar-refractivity contribution in [2.45, 2.75) is 151 Å². The summed E-state index contributed by atoms with van der Waals surface area (Å²) in [5.41, 5.74) is 14.0. The van der Waals surface area contributed by atoms with Gasteiger partial charge in [0.15, 0.2) is 0 Å². The maximum atomic E-state index is 13.6. The summed E-state index contributed by atoms with van der Waals surface area (Å²) in [5.74, 6) is 6.18. The number of hydrogen-bond donors (Lipinski definition) is 4. The average Bonchev–Trinajstić information content (AvgIpc) is 4.16. The summed E-state index contributed by atoms with van der Waals surface area (Å²) >= 11 is 0.